The number of rotatable bonds is 3. The van der Waals surface area contributed by atoms with Gasteiger partial charge in [0.2, 0.25) is 0 Å². The van der Waals surface area contributed by atoms with E-state index < -0.39 is 0 Å². The Labute approximate surface area is 122 Å². The summed E-state index contributed by atoms with van der Waals surface area (Å²) in [6, 6.07) is 6.14. The normalized spacial score (nSPS) is 19.9. The Hall–Kier alpha value is -0.870. The molecule has 0 aliphatic carbocycles. The minimum Gasteiger partial charge on any atom is -0.307 e. The Bertz CT molecular complexity index is 508. The van der Waals surface area contributed by atoms with E-state index in [0.29, 0.717) is 4.83 Å². The fraction of sp³-hybridized carbons (Fsp3) is 0.533. The first-order valence-electron chi connectivity index (χ1n) is 7.01. The average molecular weight is 322 g/mol. The standard InChI is InChI=1S/C15H20BrN3/c1-12(16)13-5-8-18(9-6-13)10-14-11-19-7-3-2-4-15(19)17-14/h2-4,7,11-13H,5-6,8-10H2,1H3. The molecule has 3 rings (SSSR count). The second-order valence-electron chi connectivity index (χ2n) is 5.49. The first kappa shape index (κ1) is 13.1. The van der Waals surface area contributed by atoms with Gasteiger partial charge >= 0.3 is 0 Å². The molecule has 1 aliphatic rings. The zero-order chi connectivity index (χ0) is 13.2. The van der Waals surface area contributed by atoms with Gasteiger partial charge in [-0.2, -0.15) is 0 Å². The van der Waals surface area contributed by atoms with Crippen molar-refractivity contribution in [1.82, 2.24) is 14.3 Å². The second kappa shape index (κ2) is 5.63. The third kappa shape index (κ3) is 3.00. The molecule has 2 aromatic rings. The fourth-order valence-corrected chi connectivity index (χ4v) is 3.39. The molecule has 2 aromatic heterocycles. The Morgan fingerprint density at radius 2 is 2.16 bits per heavy atom. The Balaban J connectivity index is 1.63. The highest BCUT2D eigenvalue weighted by molar-refractivity contribution is 9.09. The van der Waals surface area contributed by atoms with Crippen molar-refractivity contribution in [1.29, 1.82) is 0 Å². The van der Waals surface area contributed by atoms with Gasteiger partial charge in [0.25, 0.3) is 0 Å². The SMILES string of the molecule is CC(Br)C1CCN(Cc2cn3ccccc3n2)CC1. The summed E-state index contributed by atoms with van der Waals surface area (Å²) in [6.45, 7) is 5.62. The number of pyridine rings is 1. The van der Waals surface area contributed by atoms with Gasteiger partial charge in [-0.05, 0) is 44.0 Å². The van der Waals surface area contributed by atoms with Crippen LogP contribution in [0.5, 0.6) is 0 Å². The lowest BCUT2D eigenvalue weighted by Gasteiger charge is -2.32. The second-order valence-corrected chi connectivity index (χ2v) is 6.93. The van der Waals surface area contributed by atoms with E-state index in [1.807, 2.05) is 12.1 Å². The topological polar surface area (TPSA) is 20.5 Å². The van der Waals surface area contributed by atoms with E-state index in [9.17, 15) is 0 Å². The van der Waals surface area contributed by atoms with Gasteiger partial charge in [-0.3, -0.25) is 4.90 Å². The van der Waals surface area contributed by atoms with Crippen LogP contribution in [0.3, 0.4) is 0 Å². The van der Waals surface area contributed by atoms with Gasteiger partial charge < -0.3 is 4.40 Å². The van der Waals surface area contributed by atoms with Crippen LogP contribution in [0.15, 0.2) is 30.6 Å². The van der Waals surface area contributed by atoms with E-state index in [2.05, 4.69) is 55.6 Å². The molecule has 1 fully saturated rings. The summed E-state index contributed by atoms with van der Waals surface area (Å²) < 4.78 is 2.10. The van der Waals surface area contributed by atoms with Crippen LogP contribution < -0.4 is 0 Å². The average Bonchev–Trinajstić information content (AvgIpc) is 2.81. The lowest BCUT2D eigenvalue weighted by molar-refractivity contribution is 0.177. The van der Waals surface area contributed by atoms with Crippen LogP contribution in [0.2, 0.25) is 0 Å². The summed E-state index contributed by atoms with van der Waals surface area (Å²) in [6.07, 6.45) is 6.79. The van der Waals surface area contributed by atoms with Gasteiger partial charge in [0.05, 0.1) is 5.69 Å². The van der Waals surface area contributed by atoms with E-state index in [4.69, 9.17) is 0 Å². The molecule has 1 aliphatic heterocycles. The maximum atomic E-state index is 4.67. The van der Waals surface area contributed by atoms with Gasteiger partial charge in [0, 0.05) is 23.8 Å². The maximum absolute atomic E-state index is 4.67. The largest absolute Gasteiger partial charge is 0.307 e. The van der Waals surface area contributed by atoms with Gasteiger partial charge in [-0.25, -0.2) is 4.98 Å². The first-order chi connectivity index (χ1) is 9.22. The highest BCUT2D eigenvalue weighted by Crippen LogP contribution is 2.25. The molecule has 4 heteroatoms. The minimum atomic E-state index is 0.643. The number of piperidine rings is 1. The van der Waals surface area contributed by atoms with Crippen LogP contribution in [-0.4, -0.2) is 32.2 Å². The van der Waals surface area contributed by atoms with Crippen molar-refractivity contribution >= 4 is 21.6 Å². The van der Waals surface area contributed by atoms with E-state index in [1.54, 1.807) is 0 Å². The number of imidazole rings is 1. The summed E-state index contributed by atoms with van der Waals surface area (Å²) in [4.78, 5) is 7.84. The number of hydrogen-bond acceptors (Lipinski definition) is 2. The van der Waals surface area contributed by atoms with E-state index in [1.165, 1.54) is 31.6 Å². The predicted octanol–water partition coefficient (Wildman–Crippen LogP) is 3.33. The van der Waals surface area contributed by atoms with Crippen LogP contribution in [0.25, 0.3) is 5.65 Å². The van der Waals surface area contributed by atoms with Crippen LogP contribution in [0.1, 0.15) is 25.5 Å². The lowest BCUT2D eigenvalue weighted by atomic mass is 9.94. The van der Waals surface area contributed by atoms with Crippen molar-refractivity contribution < 1.29 is 0 Å². The van der Waals surface area contributed by atoms with Crippen molar-refractivity contribution in [3.05, 3.63) is 36.3 Å². The summed E-state index contributed by atoms with van der Waals surface area (Å²) in [5, 5.41) is 0. The van der Waals surface area contributed by atoms with Crippen molar-refractivity contribution in [2.45, 2.75) is 31.1 Å². The molecule has 1 saturated heterocycles. The van der Waals surface area contributed by atoms with Crippen LogP contribution in [0, 0.1) is 5.92 Å². The zero-order valence-electron chi connectivity index (χ0n) is 11.3. The Morgan fingerprint density at radius 1 is 1.37 bits per heavy atom. The molecular weight excluding hydrogens is 302 g/mol. The van der Waals surface area contributed by atoms with Crippen LogP contribution >= 0.6 is 15.9 Å². The number of alkyl halides is 1. The summed E-state index contributed by atoms with van der Waals surface area (Å²) >= 11 is 3.71. The molecule has 0 radical (unpaired) electrons. The first-order valence-corrected chi connectivity index (χ1v) is 7.93. The molecule has 102 valence electrons. The monoisotopic (exact) mass is 321 g/mol. The summed E-state index contributed by atoms with van der Waals surface area (Å²) in [7, 11) is 0. The molecular formula is C15H20BrN3. The highest BCUT2D eigenvalue weighted by Gasteiger charge is 2.22. The molecule has 0 bridgehead atoms. The third-order valence-corrected chi connectivity index (χ3v) is 4.83. The van der Waals surface area contributed by atoms with Gasteiger partial charge in [0.1, 0.15) is 5.65 Å². The van der Waals surface area contributed by atoms with E-state index in [-0.39, 0.29) is 0 Å². The van der Waals surface area contributed by atoms with Crippen LogP contribution in [-0.2, 0) is 6.54 Å². The molecule has 0 spiro atoms. The molecule has 0 saturated carbocycles. The maximum Gasteiger partial charge on any atom is 0.137 e. The zero-order valence-corrected chi connectivity index (χ0v) is 12.9. The molecule has 19 heavy (non-hydrogen) atoms. The smallest absolute Gasteiger partial charge is 0.137 e. The lowest BCUT2D eigenvalue weighted by Crippen LogP contribution is -2.35. The molecule has 1 unspecified atom stereocenters. The van der Waals surface area contributed by atoms with Crippen molar-refractivity contribution in [2.24, 2.45) is 5.92 Å². The molecule has 1 atom stereocenters. The number of likely N-dealkylation sites (tertiary alicyclic amines) is 1. The summed E-state index contributed by atoms with van der Waals surface area (Å²) in [5.74, 6) is 0.831. The number of aromatic nitrogens is 2. The predicted molar refractivity (Wildman–Crippen MR) is 81.6 cm³/mol. The van der Waals surface area contributed by atoms with Gasteiger partial charge in [-0.1, -0.05) is 28.9 Å². The molecule has 3 heterocycles. The van der Waals surface area contributed by atoms with Crippen molar-refractivity contribution in [3.8, 4) is 0 Å². The number of fused-ring (bicyclic) bond motifs is 1. The summed E-state index contributed by atoms with van der Waals surface area (Å²) in [5.41, 5.74) is 2.22. The molecule has 0 amide bonds. The third-order valence-electron chi connectivity index (χ3n) is 4.08. The molecule has 3 nitrogen and oxygen atoms in total. The van der Waals surface area contributed by atoms with Crippen molar-refractivity contribution in [3.63, 3.8) is 0 Å². The van der Waals surface area contributed by atoms with E-state index >= 15 is 0 Å². The Kier molecular flexibility index (Phi) is 3.89. The fourth-order valence-electron chi connectivity index (χ4n) is 2.86. The minimum absolute atomic E-state index is 0.643. The number of halogens is 1. The van der Waals surface area contributed by atoms with Gasteiger partial charge in [-0.15, -0.1) is 0 Å². The quantitative estimate of drug-likeness (QED) is 0.808. The number of hydrogen-bond donors (Lipinski definition) is 0. The Morgan fingerprint density at radius 3 is 2.84 bits per heavy atom. The highest BCUT2D eigenvalue weighted by atomic mass is 79.9. The van der Waals surface area contributed by atoms with Crippen molar-refractivity contribution in [2.75, 3.05) is 13.1 Å². The van der Waals surface area contributed by atoms with E-state index in [0.717, 1.165) is 18.1 Å². The van der Waals surface area contributed by atoms with Crippen LogP contribution in [0.4, 0.5) is 0 Å². The van der Waals surface area contributed by atoms with Gasteiger partial charge in [0.15, 0.2) is 0 Å². The molecule has 0 aromatic carbocycles. The molecule has 0 N–H and O–H groups in total. The number of nitrogens with zero attached hydrogens (tertiary/aromatic N) is 3.